The molecule has 2 heteroatoms. The van der Waals surface area contributed by atoms with Crippen molar-refractivity contribution in [3.05, 3.63) is 0 Å². The average Bonchev–Trinajstić information content (AvgIpc) is 3.02. The molecule has 0 aliphatic heterocycles. The SMILES string of the molecule is C#CCN(CCCC(C)CCN)CC1CC1. The van der Waals surface area contributed by atoms with Crippen molar-refractivity contribution in [1.29, 1.82) is 0 Å². The maximum absolute atomic E-state index is 5.55. The van der Waals surface area contributed by atoms with Crippen LogP contribution in [0.5, 0.6) is 0 Å². The molecular formula is C14H26N2. The molecule has 1 rings (SSSR count). The van der Waals surface area contributed by atoms with Crippen molar-refractivity contribution in [2.24, 2.45) is 17.6 Å². The molecule has 92 valence electrons. The Morgan fingerprint density at radius 2 is 2.19 bits per heavy atom. The van der Waals surface area contributed by atoms with E-state index in [1.165, 1.54) is 32.2 Å². The fourth-order valence-electron chi connectivity index (χ4n) is 2.12. The van der Waals surface area contributed by atoms with Crippen LogP contribution < -0.4 is 5.73 Å². The Morgan fingerprint density at radius 1 is 1.44 bits per heavy atom. The third-order valence-corrected chi connectivity index (χ3v) is 3.36. The second kappa shape index (κ2) is 7.70. The molecule has 1 atom stereocenters. The molecule has 2 nitrogen and oxygen atoms in total. The number of hydrogen-bond donors (Lipinski definition) is 1. The summed E-state index contributed by atoms with van der Waals surface area (Å²) in [7, 11) is 0. The largest absolute Gasteiger partial charge is 0.330 e. The van der Waals surface area contributed by atoms with Crippen LogP contribution in [0.3, 0.4) is 0 Å². The first-order valence-corrected chi connectivity index (χ1v) is 6.62. The van der Waals surface area contributed by atoms with Crippen molar-refractivity contribution in [3.63, 3.8) is 0 Å². The summed E-state index contributed by atoms with van der Waals surface area (Å²) >= 11 is 0. The minimum Gasteiger partial charge on any atom is -0.330 e. The monoisotopic (exact) mass is 222 g/mol. The Balaban J connectivity index is 2.08. The van der Waals surface area contributed by atoms with Gasteiger partial charge in [-0.3, -0.25) is 4.90 Å². The number of rotatable bonds is 9. The van der Waals surface area contributed by atoms with Gasteiger partial charge in [-0.2, -0.15) is 0 Å². The standard InChI is InChI=1S/C14H26N2/c1-3-10-16(12-14-6-7-14)11-4-5-13(2)8-9-15/h1,13-14H,4-12,15H2,2H3. The van der Waals surface area contributed by atoms with Gasteiger partial charge in [-0.1, -0.05) is 12.8 Å². The van der Waals surface area contributed by atoms with E-state index in [0.717, 1.165) is 37.9 Å². The molecule has 0 aromatic heterocycles. The van der Waals surface area contributed by atoms with E-state index in [-0.39, 0.29) is 0 Å². The van der Waals surface area contributed by atoms with E-state index in [2.05, 4.69) is 17.7 Å². The Labute approximate surface area is 101 Å². The van der Waals surface area contributed by atoms with Crippen molar-refractivity contribution in [2.45, 2.75) is 39.0 Å². The van der Waals surface area contributed by atoms with E-state index in [4.69, 9.17) is 12.2 Å². The molecule has 1 aliphatic carbocycles. The molecule has 1 saturated carbocycles. The van der Waals surface area contributed by atoms with E-state index in [0.29, 0.717) is 0 Å². The molecule has 0 spiro atoms. The zero-order valence-electron chi connectivity index (χ0n) is 10.6. The first-order chi connectivity index (χ1) is 7.76. The number of terminal acetylenes is 1. The second-order valence-corrected chi connectivity index (χ2v) is 5.21. The molecule has 1 unspecified atom stereocenters. The zero-order chi connectivity index (χ0) is 11.8. The number of hydrogen-bond acceptors (Lipinski definition) is 2. The molecule has 0 saturated heterocycles. The van der Waals surface area contributed by atoms with Crippen LogP contribution in [0, 0.1) is 24.2 Å². The molecule has 0 heterocycles. The summed E-state index contributed by atoms with van der Waals surface area (Å²) in [6.07, 6.45) is 11.9. The van der Waals surface area contributed by atoms with Gasteiger partial charge < -0.3 is 5.73 Å². The Kier molecular flexibility index (Phi) is 6.52. The average molecular weight is 222 g/mol. The van der Waals surface area contributed by atoms with E-state index < -0.39 is 0 Å². The fourth-order valence-corrected chi connectivity index (χ4v) is 2.12. The lowest BCUT2D eigenvalue weighted by atomic mass is 10.0. The highest BCUT2D eigenvalue weighted by Crippen LogP contribution is 2.29. The zero-order valence-corrected chi connectivity index (χ0v) is 10.6. The first kappa shape index (κ1) is 13.5. The van der Waals surface area contributed by atoms with Gasteiger partial charge in [-0.25, -0.2) is 0 Å². The first-order valence-electron chi connectivity index (χ1n) is 6.62. The predicted molar refractivity (Wildman–Crippen MR) is 70.1 cm³/mol. The lowest BCUT2D eigenvalue weighted by molar-refractivity contribution is 0.279. The normalized spacial score (nSPS) is 17.4. The summed E-state index contributed by atoms with van der Waals surface area (Å²) in [6, 6.07) is 0. The van der Waals surface area contributed by atoms with Gasteiger partial charge in [0.1, 0.15) is 0 Å². The van der Waals surface area contributed by atoms with Crippen molar-refractivity contribution in [1.82, 2.24) is 4.90 Å². The van der Waals surface area contributed by atoms with E-state index in [1.807, 2.05) is 0 Å². The summed E-state index contributed by atoms with van der Waals surface area (Å²) in [4.78, 5) is 2.44. The Bertz CT molecular complexity index is 215. The summed E-state index contributed by atoms with van der Waals surface area (Å²) in [5.41, 5.74) is 5.55. The summed E-state index contributed by atoms with van der Waals surface area (Å²) in [6.45, 7) is 6.31. The van der Waals surface area contributed by atoms with Crippen LogP contribution in [0.4, 0.5) is 0 Å². The Morgan fingerprint density at radius 3 is 2.75 bits per heavy atom. The summed E-state index contributed by atoms with van der Waals surface area (Å²) in [5, 5.41) is 0. The molecular weight excluding hydrogens is 196 g/mol. The number of nitrogens with zero attached hydrogens (tertiary/aromatic N) is 1. The minimum absolute atomic E-state index is 0.763. The quantitative estimate of drug-likeness (QED) is 0.605. The third kappa shape index (κ3) is 6.15. The molecule has 1 aliphatic rings. The van der Waals surface area contributed by atoms with Gasteiger partial charge in [0, 0.05) is 6.54 Å². The van der Waals surface area contributed by atoms with Gasteiger partial charge in [-0.05, 0) is 57.0 Å². The third-order valence-electron chi connectivity index (χ3n) is 3.36. The molecule has 2 N–H and O–H groups in total. The second-order valence-electron chi connectivity index (χ2n) is 5.21. The Hall–Kier alpha value is -0.520. The van der Waals surface area contributed by atoms with Crippen LogP contribution in [-0.4, -0.2) is 31.1 Å². The highest BCUT2D eigenvalue weighted by molar-refractivity contribution is 4.90. The molecule has 0 radical (unpaired) electrons. The summed E-state index contributed by atoms with van der Waals surface area (Å²) in [5.74, 6) is 4.47. The molecule has 0 bridgehead atoms. The highest BCUT2D eigenvalue weighted by atomic mass is 15.1. The minimum atomic E-state index is 0.763. The van der Waals surface area contributed by atoms with Crippen LogP contribution >= 0.6 is 0 Å². The van der Waals surface area contributed by atoms with Gasteiger partial charge in [-0.15, -0.1) is 6.42 Å². The van der Waals surface area contributed by atoms with Gasteiger partial charge in [0.05, 0.1) is 6.54 Å². The van der Waals surface area contributed by atoms with Crippen molar-refractivity contribution >= 4 is 0 Å². The van der Waals surface area contributed by atoms with Gasteiger partial charge in [0.25, 0.3) is 0 Å². The number of nitrogens with two attached hydrogens (primary N) is 1. The molecule has 0 aromatic carbocycles. The fraction of sp³-hybridized carbons (Fsp3) is 0.857. The predicted octanol–water partition coefficient (Wildman–Crippen LogP) is 2.10. The van der Waals surface area contributed by atoms with Crippen LogP contribution in [0.25, 0.3) is 0 Å². The van der Waals surface area contributed by atoms with Gasteiger partial charge >= 0.3 is 0 Å². The maximum Gasteiger partial charge on any atom is 0.0599 e. The maximum atomic E-state index is 5.55. The van der Waals surface area contributed by atoms with Gasteiger partial charge in [0.15, 0.2) is 0 Å². The van der Waals surface area contributed by atoms with Crippen LogP contribution in [0.2, 0.25) is 0 Å². The molecule has 1 fully saturated rings. The lowest BCUT2D eigenvalue weighted by Crippen LogP contribution is -2.27. The van der Waals surface area contributed by atoms with Crippen molar-refractivity contribution in [2.75, 3.05) is 26.2 Å². The van der Waals surface area contributed by atoms with Crippen LogP contribution in [-0.2, 0) is 0 Å². The topological polar surface area (TPSA) is 29.3 Å². The van der Waals surface area contributed by atoms with E-state index >= 15 is 0 Å². The van der Waals surface area contributed by atoms with E-state index in [1.54, 1.807) is 0 Å². The highest BCUT2D eigenvalue weighted by Gasteiger charge is 2.23. The molecule has 0 amide bonds. The van der Waals surface area contributed by atoms with E-state index in [9.17, 15) is 0 Å². The van der Waals surface area contributed by atoms with Crippen molar-refractivity contribution < 1.29 is 0 Å². The smallest absolute Gasteiger partial charge is 0.0599 e. The van der Waals surface area contributed by atoms with Crippen LogP contribution in [0.1, 0.15) is 39.0 Å². The van der Waals surface area contributed by atoms with Crippen molar-refractivity contribution in [3.8, 4) is 12.3 Å². The summed E-state index contributed by atoms with van der Waals surface area (Å²) < 4.78 is 0. The van der Waals surface area contributed by atoms with Gasteiger partial charge in [0.2, 0.25) is 0 Å². The van der Waals surface area contributed by atoms with Crippen LogP contribution in [0.15, 0.2) is 0 Å². The lowest BCUT2D eigenvalue weighted by Gasteiger charge is -2.20. The molecule has 16 heavy (non-hydrogen) atoms. The molecule has 0 aromatic rings.